The van der Waals surface area contributed by atoms with Crippen LogP contribution in [0.3, 0.4) is 0 Å². The number of aromatic amines is 1. The fraction of sp³-hybridized carbons (Fsp3) is 0.529. The van der Waals surface area contributed by atoms with Gasteiger partial charge >= 0.3 is 0 Å². The molecule has 1 aromatic carbocycles. The molecule has 0 radical (unpaired) electrons. The third kappa shape index (κ3) is 4.01. The Hall–Kier alpha value is -2.08. The minimum atomic E-state index is 0.348. The second-order valence-corrected chi connectivity index (χ2v) is 5.85. The summed E-state index contributed by atoms with van der Waals surface area (Å²) in [6, 6.07) is 8.05. The van der Waals surface area contributed by atoms with Crippen LogP contribution < -0.4 is 9.47 Å². The van der Waals surface area contributed by atoms with Crippen LogP contribution in [-0.4, -0.2) is 46.9 Å². The molecule has 2 aromatic rings. The van der Waals surface area contributed by atoms with E-state index in [1.807, 2.05) is 31.2 Å². The normalized spacial score (nSPS) is 18.3. The summed E-state index contributed by atoms with van der Waals surface area (Å²) in [6.07, 6.45) is 3.33. The lowest BCUT2D eigenvalue weighted by Crippen LogP contribution is -2.26. The Morgan fingerprint density at radius 1 is 1.26 bits per heavy atom. The molecular formula is C17H24N4O2. The summed E-state index contributed by atoms with van der Waals surface area (Å²) in [7, 11) is 1.66. The number of ether oxygens (including phenoxy) is 2. The summed E-state index contributed by atoms with van der Waals surface area (Å²) in [4.78, 5) is 6.94. The summed E-state index contributed by atoms with van der Waals surface area (Å²) >= 11 is 0. The number of nitrogens with one attached hydrogen (secondary N) is 1. The summed E-state index contributed by atoms with van der Waals surface area (Å²) in [5, 5.41) is 7.26. The molecule has 1 atom stereocenters. The number of hydrogen-bond donors (Lipinski definition) is 1. The zero-order chi connectivity index (χ0) is 16.1. The van der Waals surface area contributed by atoms with Crippen LogP contribution in [0.5, 0.6) is 11.5 Å². The number of aromatic nitrogens is 3. The standard InChI is InChI=1S/C17H24N4O2/c1-13-18-17(20-19-13)16-5-3-10-21(16)11-4-12-23-15-8-6-14(22-2)7-9-15/h6-9,16H,3-5,10-12H2,1-2H3,(H,18,19,20)/t16-/m0/s1. The number of methoxy groups -OCH3 is 1. The Labute approximate surface area is 136 Å². The van der Waals surface area contributed by atoms with E-state index in [0.29, 0.717) is 12.6 Å². The van der Waals surface area contributed by atoms with Gasteiger partial charge in [-0.05, 0) is 57.0 Å². The van der Waals surface area contributed by atoms with Crippen LogP contribution in [0, 0.1) is 6.92 Å². The highest BCUT2D eigenvalue weighted by molar-refractivity contribution is 5.31. The van der Waals surface area contributed by atoms with E-state index < -0.39 is 0 Å². The molecule has 1 saturated heterocycles. The number of likely N-dealkylation sites (tertiary alicyclic amines) is 1. The number of hydrogen-bond acceptors (Lipinski definition) is 5. The highest BCUT2D eigenvalue weighted by atomic mass is 16.5. The van der Waals surface area contributed by atoms with Crippen LogP contribution in [-0.2, 0) is 0 Å². The molecule has 0 spiro atoms. The molecule has 1 aliphatic heterocycles. The molecule has 1 fully saturated rings. The van der Waals surface area contributed by atoms with Gasteiger partial charge in [0, 0.05) is 6.54 Å². The molecular weight excluding hydrogens is 292 g/mol. The Morgan fingerprint density at radius 3 is 2.74 bits per heavy atom. The van der Waals surface area contributed by atoms with E-state index in [1.54, 1.807) is 7.11 Å². The number of H-pyrrole nitrogens is 1. The molecule has 0 aliphatic carbocycles. The minimum absolute atomic E-state index is 0.348. The monoisotopic (exact) mass is 316 g/mol. The first-order valence-electron chi connectivity index (χ1n) is 8.16. The van der Waals surface area contributed by atoms with E-state index >= 15 is 0 Å². The molecule has 3 rings (SSSR count). The average Bonchev–Trinajstić information content (AvgIpc) is 3.20. The maximum atomic E-state index is 5.79. The van der Waals surface area contributed by atoms with Crippen molar-refractivity contribution in [3.8, 4) is 11.5 Å². The first-order chi connectivity index (χ1) is 11.3. The number of aryl methyl sites for hydroxylation is 1. The van der Waals surface area contributed by atoms with Crippen molar-refractivity contribution in [3.05, 3.63) is 35.9 Å². The molecule has 0 bridgehead atoms. The Balaban J connectivity index is 1.44. The Morgan fingerprint density at radius 2 is 2.04 bits per heavy atom. The molecule has 0 amide bonds. The maximum Gasteiger partial charge on any atom is 0.167 e. The summed E-state index contributed by atoms with van der Waals surface area (Å²) in [5.74, 6) is 3.54. The van der Waals surface area contributed by atoms with Gasteiger partial charge in [0.05, 0.1) is 19.8 Å². The molecule has 6 nitrogen and oxygen atoms in total. The first kappa shape index (κ1) is 15.8. The van der Waals surface area contributed by atoms with Crippen molar-refractivity contribution in [2.24, 2.45) is 0 Å². The van der Waals surface area contributed by atoms with E-state index in [-0.39, 0.29) is 0 Å². The summed E-state index contributed by atoms with van der Waals surface area (Å²) in [6.45, 7) is 4.77. The van der Waals surface area contributed by atoms with Crippen molar-refractivity contribution in [1.82, 2.24) is 20.1 Å². The van der Waals surface area contributed by atoms with Gasteiger partial charge in [0.2, 0.25) is 0 Å². The van der Waals surface area contributed by atoms with Crippen molar-refractivity contribution in [1.29, 1.82) is 0 Å². The first-order valence-corrected chi connectivity index (χ1v) is 8.16. The molecule has 1 aliphatic rings. The zero-order valence-corrected chi connectivity index (χ0v) is 13.8. The SMILES string of the molecule is COc1ccc(OCCCN2CCC[C@H]2c2n[nH]c(C)n2)cc1. The smallest absolute Gasteiger partial charge is 0.167 e. The van der Waals surface area contributed by atoms with E-state index in [9.17, 15) is 0 Å². The Kier molecular flexibility index (Phi) is 5.12. The van der Waals surface area contributed by atoms with Gasteiger partial charge in [-0.2, -0.15) is 5.10 Å². The fourth-order valence-corrected chi connectivity index (χ4v) is 3.02. The van der Waals surface area contributed by atoms with E-state index in [2.05, 4.69) is 20.1 Å². The van der Waals surface area contributed by atoms with Gasteiger partial charge in [-0.15, -0.1) is 0 Å². The minimum Gasteiger partial charge on any atom is -0.497 e. The van der Waals surface area contributed by atoms with Crippen molar-refractivity contribution >= 4 is 0 Å². The van der Waals surface area contributed by atoms with Crippen LogP contribution >= 0.6 is 0 Å². The Bertz CT molecular complexity index is 611. The number of benzene rings is 1. The van der Waals surface area contributed by atoms with Gasteiger partial charge in [0.25, 0.3) is 0 Å². The van der Waals surface area contributed by atoms with Gasteiger partial charge in [0.1, 0.15) is 17.3 Å². The highest BCUT2D eigenvalue weighted by Crippen LogP contribution is 2.29. The van der Waals surface area contributed by atoms with Gasteiger partial charge in [0.15, 0.2) is 5.82 Å². The van der Waals surface area contributed by atoms with Crippen LogP contribution in [0.1, 0.15) is 37.0 Å². The van der Waals surface area contributed by atoms with Crippen molar-refractivity contribution < 1.29 is 9.47 Å². The predicted molar refractivity (Wildman–Crippen MR) is 87.8 cm³/mol. The second-order valence-electron chi connectivity index (χ2n) is 5.85. The molecule has 0 unspecified atom stereocenters. The van der Waals surface area contributed by atoms with Crippen molar-refractivity contribution in [2.45, 2.75) is 32.2 Å². The van der Waals surface area contributed by atoms with E-state index in [0.717, 1.165) is 49.1 Å². The summed E-state index contributed by atoms with van der Waals surface area (Å²) in [5.41, 5.74) is 0. The van der Waals surface area contributed by atoms with Gasteiger partial charge in [-0.3, -0.25) is 10.00 Å². The van der Waals surface area contributed by atoms with Crippen LogP contribution in [0.25, 0.3) is 0 Å². The van der Waals surface area contributed by atoms with Crippen molar-refractivity contribution in [3.63, 3.8) is 0 Å². The fourth-order valence-electron chi connectivity index (χ4n) is 3.02. The molecule has 1 aromatic heterocycles. The summed E-state index contributed by atoms with van der Waals surface area (Å²) < 4.78 is 10.9. The van der Waals surface area contributed by atoms with E-state index in [1.165, 1.54) is 6.42 Å². The third-order valence-electron chi connectivity index (χ3n) is 4.19. The lowest BCUT2D eigenvalue weighted by atomic mass is 10.2. The largest absolute Gasteiger partial charge is 0.497 e. The van der Waals surface area contributed by atoms with Crippen LogP contribution in [0.15, 0.2) is 24.3 Å². The van der Waals surface area contributed by atoms with Crippen molar-refractivity contribution in [2.75, 3.05) is 26.8 Å². The van der Waals surface area contributed by atoms with Crippen LogP contribution in [0.4, 0.5) is 0 Å². The molecule has 1 N–H and O–H groups in total. The molecule has 6 heteroatoms. The topological polar surface area (TPSA) is 63.3 Å². The number of nitrogens with zero attached hydrogens (tertiary/aromatic N) is 3. The lowest BCUT2D eigenvalue weighted by Gasteiger charge is -2.22. The molecule has 0 saturated carbocycles. The van der Waals surface area contributed by atoms with Gasteiger partial charge in [-0.1, -0.05) is 0 Å². The highest BCUT2D eigenvalue weighted by Gasteiger charge is 2.28. The zero-order valence-electron chi connectivity index (χ0n) is 13.8. The predicted octanol–water partition coefficient (Wildman–Crippen LogP) is 2.73. The molecule has 2 heterocycles. The second kappa shape index (κ2) is 7.46. The molecule has 23 heavy (non-hydrogen) atoms. The third-order valence-corrected chi connectivity index (χ3v) is 4.19. The average molecular weight is 316 g/mol. The van der Waals surface area contributed by atoms with Gasteiger partial charge < -0.3 is 9.47 Å². The maximum absolute atomic E-state index is 5.79. The van der Waals surface area contributed by atoms with E-state index in [4.69, 9.17) is 9.47 Å². The lowest BCUT2D eigenvalue weighted by molar-refractivity contribution is 0.217. The quantitative estimate of drug-likeness (QED) is 0.796. The van der Waals surface area contributed by atoms with Crippen LogP contribution in [0.2, 0.25) is 0 Å². The molecule has 124 valence electrons. The number of rotatable bonds is 7. The van der Waals surface area contributed by atoms with Gasteiger partial charge in [-0.25, -0.2) is 4.98 Å².